The molecule has 0 atom stereocenters. The van der Waals surface area contributed by atoms with Crippen LogP contribution in [0.3, 0.4) is 0 Å². The van der Waals surface area contributed by atoms with E-state index in [1.165, 1.54) is 0 Å². The number of rotatable bonds is 2. The Bertz CT molecular complexity index is 627. The van der Waals surface area contributed by atoms with E-state index in [-0.39, 0.29) is 0 Å². The summed E-state index contributed by atoms with van der Waals surface area (Å²) >= 11 is 0. The molecule has 0 aliphatic heterocycles. The summed E-state index contributed by atoms with van der Waals surface area (Å²) in [7, 11) is 0. The molecule has 2 aromatic rings. The number of nitrogen functional groups attached to an aromatic ring is 1. The summed E-state index contributed by atoms with van der Waals surface area (Å²) < 4.78 is 5.71. The van der Waals surface area contributed by atoms with Crippen molar-refractivity contribution >= 4 is 5.69 Å². The molecule has 0 heterocycles. The first-order valence-corrected chi connectivity index (χ1v) is 5.65. The largest absolute Gasteiger partial charge is 0.456 e. The van der Waals surface area contributed by atoms with Crippen LogP contribution in [0.25, 0.3) is 0 Å². The predicted molar refractivity (Wildman–Crippen MR) is 71.6 cm³/mol. The lowest BCUT2D eigenvalue weighted by atomic mass is 10.1. The Morgan fingerprint density at radius 2 is 1.89 bits per heavy atom. The van der Waals surface area contributed by atoms with Crippen molar-refractivity contribution in [1.29, 1.82) is 5.26 Å². The Hall–Kier alpha value is -2.47. The van der Waals surface area contributed by atoms with E-state index in [1.807, 2.05) is 26.0 Å². The summed E-state index contributed by atoms with van der Waals surface area (Å²) in [6.07, 6.45) is 0. The topological polar surface area (TPSA) is 59.0 Å². The van der Waals surface area contributed by atoms with E-state index in [4.69, 9.17) is 15.7 Å². The lowest BCUT2D eigenvalue weighted by Crippen LogP contribution is -1.92. The summed E-state index contributed by atoms with van der Waals surface area (Å²) in [5.74, 6) is 1.24. The average Bonchev–Trinajstić information content (AvgIpc) is 2.36. The molecule has 90 valence electrons. The van der Waals surface area contributed by atoms with Crippen LogP contribution in [-0.2, 0) is 0 Å². The molecule has 0 amide bonds. The van der Waals surface area contributed by atoms with Gasteiger partial charge >= 0.3 is 0 Å². The van der Waals surface area contributed by atoms with Gasteiger partial charge in [-0.2, -0.15) is 5.26 Å². The van der Waals surface area contributed by atoms with Gasteiger partial charge in [0.05, 0.1) is 5.56 Å². The second kappa shape index (κ2) is 4.80. The predicted octanol–water partition coefficient (Wildman–Crippen LogP) is 3.55. The van der Waals surface area contributed by atoms with Gasteiger partial charge in [-0.3, -0.25) is 0 Å². The minimum absolute atomic E-state index is 0.532. The van der Waals surface area contributed by atoms with Gasteiger partial charge in [-0.25, -0.2) is 0 Å². The van der Waals surface area contributed by atoms with E-state index in [2.05, 4.69) is 6.07 Å². The zero-order valence-corrected chi connectivity index (χ0v) is 10.4. The van der Waals surface area contributed by atoms with Gasteiger partial charge in [-0.05, 0) is 55.3 Å². The van der Waals surface area contributed by atoms with Crippen molar-refractivity contribution in [3.8, 4) is 17.6 Å². The van der Waals surface area contributed by atoms with E-state index in [9.17, 15) is 0 Å². The molecule has 0 saturated heterocycles. The van der Waals surface area contributed by atoms with Crippen molar-refractivity contribution in [1.82, 2.24) is 0 Å². The van der Waals surface area contributed by atoms with Gasteiger partial charge in [0.15, 0.2) is 0 Å². The standard InChI is InChI=1S/C15H14N2O/c1-10-3-6-15(12(7-10)9-16)18-13-4-5-14(17)11(2)8-13/h3-8H,17H2,1-2H3. The Morgan fingerprint density at radius 3 is 2.56 bits per heavy atom. The summed E-state index contributed by atoms with van der Waals surface area (Å²) in [5.41, 5.74) is 9.00. The molecule has 3 nitrogen and oxygen atoms in total. The second-order valence-electron chi connectivity index (χ2n) is 4.23. The van der Waals surface area contributed by atoms with E-state index in [0.717, 1.165) is 16.8 Å². The molecule has 0 unspecified atom stereocenters. The lowest BCUT2D eigenvalue weighted by molar-refractivity contribution is 0.480. The average molecular weight is 238 g/mol. The van der Waals surface area contributed by atoms with Gasteiger partial charge in [0, 0.05) is 5.69 Å². The smallest absolute Gasteiger partial charge is 0.145 e. The maximum atomic E-state index is 9.07. The van der Waals surface area contributed by atoms with Gasteiger partial charge in [0.2, 0.25) is 0 Å². The van der Waals surface area contributed by atoms with E-state index in [1.54, 1.807) is 24.3 Å². The Labute approximate surface area is 106 Å². The molecule has 0 saturated carbocycles. The molecule has 2 rings (SSSR count). The lowest BCUT2D eigenvalue weighted by Gasteiger charge is -2.09. The summed E-state index contributed by atoms with van der Waals surface area (Å²) in [4.78, 5) is 0. The third kappa shape index (κ3) is 2.44. The zero-order valence-electron chi connectivity index (χ0n) is 10.4. The first kappa shape index (κ1) is 12.0. The van der Waals surface area contributed by atoms with E-state index in [0.29, 0.717) is 17.1 Å². The van der Waals surface area contributed by atoms with Crippen molar-refractivity contribution in [3.05, 3.63) is 53.1 Å². The number of hydrogen-bond donors (Lipinski definition) is 1. The van der Waals surface area contributed by atoms with Crippen molar-refractivity contribution in [2.45, 2.75) is 13.8 Å². The highest BCUT2D eigenvalue weighted by Gasteiger charge is 2.05. The molecule has 0 radical (unpaired) electrons. The number of ether oxygens (including phenoxy) is 1. The molecule has 0 fully saturated rings. The van der Waals surface area contributed by atoms with Crippen LogP contribution >= 0.6 is 0 Å². The SMILES string of the molecule is Cc1ccc(Oc2ccc(N)c(C)c2)c(C#N)c1. The van der Waals surface area contributed by atoms with Crippen LogP contribution in [0.1, 0.15) is 16.7 Å². The third-order valence-electron chi connectivity index (χ3n) is 2.72. The second-order valence-corrected chi connectivity index (χ2v) is 4.23. The number of anilines is 1. The molecule has 3 heteroatoms. The van der Waals surface area contributed by atoms with Crippen LogP contribution in [0.4, 0.5) is 5.69 Å². The van der Waals surface area contributed by atoms with Gasteiger partial charge in [0.1, 0.15) is 17.6 Å². The highest BCUT2D eigenvalue weighted by Crippen LogP contribution is 2.27. The van der Waals surface area contributed by atoms with Gasteiger partial charge in [0.25, 0.3) is 0 Å². The number of aryl methyl sites for hydroxylation is 2. The van der Waals surface area contributed by atoms with Crippen LogP contribution in [-0.4, -0.2) is 0 Å². The summed E-state index contributed by atoms with van der Waals surface area (Å²) in [6.45, 7) is 3.86. The number of nitrogens with two attached hydrogens (primary N) is 1. The highest BCUT2D eigenvalue weighted by atomic mass is 16.5. The monoisotopic (exact) mass is 238 g/mol. The molecule has 0 spiro atoms. The normalized spacial score (nSPS) is 9.83. The fourth-order valence-corrected chi connectivity index (χ4v) is 1.66. The van der Waals surface area contributed by atoms with Crippen LogP contribution in [0.2, 0.25) is 0 Å². The van der Waals surface area contributed by atoms with Crippen LogP contribution in [0.15, 0.2) is 36.4 Å². The maximum Gasteiger partial charge on any atom is 0.145 e. The minimum atomic E-state index is 0.532. The Balaban J connectivity index is 2.34. The molecule has 0 aliphatic rings. The number of benzene rings is 2. The first-order valence-electron chi connectivity index (χ1n) is 5.65. The third-order valence-corrected chi connectivity index (χ3v) is 2.72. The number of nitriles is 1. The van der Waals surface area contributed by atoms with Crippen LogP contribution in [0, 0.1) is 25.2 Å². The molecule has 2 aromatic carbocycles. The molecule has 18 heavy (non-hydrogen) atoms. The number of nitrogens with zero attached hydrogens (tertiary/aromatic N) is 1. The molecule has 2 N–H and O–H groups in total. The van der Waals surface area contributed by atoms with Crippen molar-refractivity contribution in [2.24, 2.45) is 0 Å². The van der Waals surface area contributed by atoms with Gasteiger partial charge in [-0.15, -0.1) is 0 Å². The fraction of sp³-hybridized carbons (Fsp3) is 0.133. The molecule has 0 bridgehead atoms. The van der Waals surface area contributed by atoms with Crippen LogP contribution < -0.4 is 10.5 Å². The van der Waals surface area contributed by atoms with Crippen molar-refractivity contribution < 1.29 is 4.74 Å². The molecule has 0 aromatic heterocycles. The minimum Gasteiger partial charge on any atom is -0.456 e. The Morgan fingerprint density at radius 1 is 1.11 bits per heavy atom. The molecular weight excluding hydrogens is 224 g/mol. The van der Waals surface area contributed by atoms with Gasteiger partial charge in [-0.1, -0.05) is 6.07 Å². The molecular formula is C15H14N2O. The highest BCUT2D eigenvalue weighted by molar-refractivity contribution is 5.52. The number of hydrogen-bond acceptors (Lipinski definition) is 3. The first-order chi connectivity index (χ1) is 8.60. The van der Waals surface area contributed by atoms with E-state index >= 15 is 0 Å². The van der Waals surface area contributed by atoms with E-state index < -0.39 is 0 Å². The quantitative estimate of drug-likeness (QED) is 0.814. The van der Waals surface area contributed by atoms with Gasteiger partial charge < -0.3 is 10.5 Å². The Kier molecular flexibility index (Phi) is 3.20. The maximum absolute atomic E-state index is 9.07. The zero-order chi connectivity index (χ0) is 13.1. The van der Waals surface area contributed by atoms with Crippen molar-refractivity contribution in [2.75, 3.05) is 5.73 Å². The summed E-state index contributed by atoms with van der Waals surface area (Å²) in [6, 6.07) is 13.1. The van der Waals surface area contributed by atoms with Crippen LogP contribution in [0.5, 0.6) is 11.5 Å². The summed E-state index contributed by atoms with van der Waals surface area (Å²) in [5, 5.41) is 9.07. The molecule has 0 aliphatic carbocycles. The van der Waals surface area contributed by atoms with Crippen molar-refractivity contribution in [3.63, 3.8) is 0 Å². The fourth-order valence-electron chi connectivity index (χ4n) is 1.66.